The number of nitrogens with zero attached hydrogens (tertiary/aromatic N) is 2. The summed E-state index contributed by atoms with van der Waals surface area (Å²) in [5, 5.41) is 3.37. The number of fused-ring (bicyclic) bond motifs is 2. The van der Waals surface area contributed by atoms with Gasteiger partial charge >= 0.3 is 0 Å². The summed E-state index contributed by atoms with van der Waals surface area (Å²) >= 11 is 0. The molecule has 1 aliphatic carbocycles. The van der Waals surface area contributed by atoms with Gasteiger partial charge in [0.15, 0.2) is 0 Å². The molecule has 28 heavy (non-hydrogen) atoms. The van der Waals surface area contributed by atoms with E-state index in [1.807, 2.05) is 71.6 Å². The van der Waals surface area contributed by atoms with Crippen molar-refractivity contribution in [3.05, 3.63) is 78.5 Å². The third-order valence-electron chi connectivity index (χ3n) is 5.42. The number of ether oxygens (including phenoxy) is 1. The van der Waals surface area contributed by atoms with Gasteiger partial charge in [-0.1, -0.05) is 36.4 Å². The molecule has 0 unspecified atom stereocenters. The van der Waals surface area contributed by atoms with Crippen LogP contribution in [-0.4, -0.2) is 17.0 Å². The Morgan fingerprint density at radius 2 is 1.79 bits per heavy atom. The fraction of sp³-hybridized carbons (Fsp3) is 0.217. The zero-order chi connectivity index (χ0) is 18.9. The van der Waals surface area contributed by atoms with Crippen LogP contribution in [0, 0.1) is 5.92 Å². The van der Waals surface area contributed by atoms with Crippen molar-refractivity contribution in [2.75, 3.05) is 10.2 Å². The number of carbonyl (C=O) groups is 1. The molecule has 1 aromatic heterocycles. The zero-order valence-electron chi connectivity index (χ0n) is 15.4. The first kappa shape index (κ1) is 16.8. The molecule has 0 radical (unpaired) electrons. The van der Waals surface area contributed by atoms with Crippen molar-refractivity contribution in [2.24, 2.45) is 5.92 Å². The molecule has 0 saturated heterocycles. The minimum atomic E-state index is -0.0139. The number of anilines is 3. The normalized spacial score (nSPS) is 20.1. The molecule has 5 rings (SSSR count). The third kappa shape index (κ3) is 3.09. The Hall–Kier alpha value is -3.34. The van der Waals surface area contributed by atoms with Crippen LogP contribution in [0.15, 0.2) is 72.9 Å². The zero-order valence-corrected chi connectivity index (χ0v) is 15.4. The number of amides is 1. The van der Waals surface area contributed by atoms with E-state index in [2.05, 4.69) is 10.3 Å². The SMILES string of the molecule is O=C(C1CC(Oc2ccccc2)C1)N1Cc2cccnc2Nc2ccccc21. The van der Waals surface area contributed by atoms with Crippen LogP contribution in [-0.2, 0) is 11.3 Å². The maximum absolute atomic E-state index is 13.3. The van der Waals surface area contributed by atoms with Crippen LogP contribution < -0.4 is 15.0 Å². The Labute approximate surface area is 164 Å². The summed E-state index contributed by atoms with van der Waals surface area (Å²) < 4.78 is 5.98. The van der Waals surface area contributed by atoms with E-state index in [4.69, 9.17) is 4.74 Å². The molecule has 1 fully saturated rings. The van der Waals surface area contributed by atoms with E-state index in [-0.39, 0.29) is 17.9 Å². The number of carbonyl (C=O) groups excluding carboxylic acids is 1. The van der Waals surface area contributed by atoms with Crippen molar-refractivity contribution < 1.29 is 9.53 Å². The van der Waals surface area contributed by atoms with Gasteiger partial charge < -0.3 is 15.0 Å². The molecule has 0 atom stereocenters. The van der Waals surface area contributed by atoms with Gasteiger partial charge in [0, 0.05) is 17.7 Å². The van der Waals surface area contributed by atoms with Crippen molar-refractivity contribution in [1.29, 1.82) is 0 Å². The second-order valence-electron chi connectivity index (χ2n) is 7.30. The molecule has 2 heterocycles. The summed E-state index contributed by atoms with van der Waals surface area (Å²) in [5.74, 6) is 1.81. The highest BCUT2D eigenvalue weighted by Gasteiger charge is 2.39. The Bertz CT molecular complexity index is 999. The van der Waals surface area contributed by atoms with Gasteiger partial charge in [0.1, 0.15) is 17.7 Å². The molecule has 1 amide bonds. The Morgan fingerprint density at radius 3 is 2.64 bits per heavy atom. The van der Waals surface area contributed by atoms with Crippen LogP contribution in [0.3, 0.4) is 0 Å². The minimum Gasteiger partial charge on any atom is -0.490 e. The maximum atomic E-state index is 13.3. The Kier molecular flexibility index (Phi) is 4.20. The van der Waals surface area contributed by atoms with Crippen LogP contribution in [0.5, 0.6) is 5.75 Å². The molecule has 2 aliphatic rings. The molecule has 2 aromatic carbocycles. The van der Waals surface area contributed by atoms with E-state index >= 15 is 0 Å². The highest BCUT2D eigenvalue weighted by Crippen LogP contribution is 2.39. The number of aromatic nitrogens is 1. The van der Waals surface area contributed by atoms with Crippen molar-refractivity contribution in [2.45, 2.75) is 25.5 Å². The number of nitrogens with one attached hydrogen (secondary N) is 1. The standard InChI is InChI=1S/C23H21N3O2/c27-23(17-13-19(14-17)28-18-8-2-1-3-9-18)26-15-16-7-6-12-24-22(16)25-20-10-4-5-11-21(20)26/h1-12,17,19H,13-15H2,(H,24,25). The largest absolute Gasteiger partial charge is 0.490 e. The fourth-order valence-corrected chi connectivity index (χ4v) is 3.85. The number of hydrogen-bond donors (Lipinski definition) is 1. The van der Waals surface area contributed by atoms with Crippen LogP contribution in [0.2, 0.25) is 0 Å². The molecule has 0 spiro atoms. The van der Waals surface area contributed by atoms with Gasteiger partial charge in [-0.3, -0.25) is 4.79 Å². The van der Waals surface area contributed by atoms with E-state index in [1.165, 1.54) is 0 Å². The fourth-order valence-electron chi connectivity index (χ4n) is 3.85. The van der Waals surface area contributed by atoms with E-state index < -0.39 is 0 Å². The average molecular weight is 371 g/mol. The first-order valence-corrected chi connectivity index (χ1v) is 9.61. The lowest BCUT2D eigenvalue weighted by atomic mass is 9.81. The Balaban J connectivity index is 1.35. The molecule has 5 heteroatoms. The van der Waals surface area contributed by atoms with Gasteiger partial charge in [-0.2, -0.15) is 0 Å². The van der Waals surface area contributed by atoms with E-state index in [1.54, 1.807) is 6.20 Å². The second-order valence-corrected chi connectivity index (χ2v) is 7.30. The van der Waals surface area contributed by atoms with E-state index in [0.717, 1.165) is 41.3 Å². The number of pyridine rings is 1. The summed E-state index contributed by atoms with van der Waals surface area (Å²) in [6.45, 7) is 0.521. The summed E-state index contributed by atoms with van der Waals surface area (Å²) in [6.07, 6.45) is 3.37. The smallest absolute Gasteiger partial charge is 0.230 e. The number of para-hydroxylation sites is 3. The van der Waals surface area contributed by atoms with Crippen molar-refractivity contribution in [3.63, 3.8) is 0 Å². The molecule has 3 aromatic rings. The predicted octanol–water partition coefficient (Wildman–Crippen LogP) is 4.53. The van der Waals surface area contributed by atoms with Crippen LogP contribution >= 0.6 is 0 Å². The van der Waals surface area contributed by atoms with Gasteiger partial charge in [-0.05, 0) is 43.2 Å². The first-order valence-electron chi connectivity index (χ1n) is 9.61. The van der Waals surface area contributed by atoms with Crippen molar-refractivity contribution in [3.8, 4) is 5.75 Å². The van der Waals surface area contributed by atoms with Crippen molar-refractivity contribution >= 4 is 23.1 Å². The van der Waals surface area contributed by atoms with Crippen molar-refractivity contribution in [1.82, 2.24) is 4.98 Å². The molecular formula is C23H21N3O2. The van der Waals surface area contributed by atoms with Gasteiger partial charge in [0.05, 0.1) is 17.9 Å². The molecule has 1 N–H and O–H groups in total. The second kappa shape index (κ2) is 7.00. The average Bonchev–Trinajstić information content (AvgIpc) is 2.87. The highest BCUT2D eigenvalue weighted by molar-refractivity contribution is 6.00. The summed E-state index contributed by atoms with van der Waals surface area (Å²) in [7, 11) is 0. The lowest BCUT2D eigenvalue weighted by Gasteiger charge is -2.37. The predicted molar refractivity (Wildman–Crippen MR) is 109 cm³/mol. The van der Waals surface area contributed by atoms with Crippen LogP contribution in [0.25, 0.3) is 0 Å². The molecule has 140 valence electrons. The monoisotopic (exact) mass is 371 g/mol. The molecule has 1 aliphatic heterocycles. The summed E-state index contributed by atoms with van der Waals surface area (Å²) in [5.41, 5.74) is 2.83. The summed E-state index contributed by atoms with van der Waals surface area (Å²) in [4.78, 5) is 19.7. The lowest BCUT2D eigenvalue weighted by molar-refractivity contribution is -0.128. The van der Waals surface area contributed by atoms with E-state index in [0.29, 0.717) is 6.54 Å². The minimum absolute atomic E-state index is 0.0139. The number of benzene rings is 2. The Morgan fingerprint density at radius 1 is 1.00 bits per heavy atom. The van der Waals surface area contributed by atoms with Crippen LogP contribution in [0.4, 0.5) is 17.2 Å². The highest BCUT2D eigenvalue weighted by atomic mass is 16.5. The van der Waals surface area contributed by atoms with Crippen LogP contribution in [0.1, 0.15) is 18.4 Å². The maximum Gasteiger partial charge on any atom is 0.230 e. The van der Waals surface area contributed by atoms with Gasteiger partial charge in [-0.15, -0.1) is 0 Å². The molecule has 0 bridgehead atoms. The topological polar surface area (TPSA) is 54.5 Å². The number of rotatable bonds is 3. The molecule has 1 saturated carbocycles. The first-order chi connectivity index (χ1) is 13.8. The van der Waals surface area contributed by atoms with E-state index in [9.17, 15) is 4.79 Å². The number of hydrogen-bond acceptors (Lipinski definition) is 4. The lowest BCUT2D eigenvalue weighted by Crippen LogP contribution is -2.45. The van der Waals surface area contributed by atoms with Gasteiger partial charge in [0.2, 0.25) is 5.91 Å². The third-order valence-corrected chi connectivity index (χ3v) is 5.42. The molecular weight excluding hydrogens is 350 g/mol. The van der Waals surface area contributed by atoms with Gasteiger partial charge in [-0.25, -0.2) is 4.98 Å². The molecule has 5 nitrogen and oxygen atoms in total. The quantitative estimate of drug-likeness (QED) is 0.735. The summed E-state index contributed by atoms with van der Waals surface area (Å²) in [6, 6.07) is 21.6. The van der Waals surface area contributed by atoms with Gasteiger partial charge in [0.25, 0.3) is 0 Å².